The molecule has 1 N–H and O–H groups in total. The summed E-state index contributed by atoms with van der Waals surface area (Å²) in [5.74, 6) is -1.43. The van der Waals surface area contributed by atoms with Gasteiger partial charge in [-0.2, -0.15) is 0 Å². The fourth-order valence-electron chi connectivity index (χ4n) is 1.45. The Morgan fingerprint density at radius 2 is 1.79 bits per heavy atom. The number of carboxylic acids is 1. The molecule has 0 amide bonds. The molecule has 104 valence electrons. The third kappa shape index (κ3) is 3.27. The maximum atomic E-state index is 11.6. The van der Waals surface area contributed by atoms with Crippen LogP contribution in [0.25, 0.3) is 0 Å². The largest absolute Gasteiger partial charge is 0.493 e. The normalized spacial score (nSPS) is 9.63. The minimum atomic E-state index is -1.18. The minimum absolute atomic E-state index is 0.0314. The molecule has 0 aliphatic carbocycles. The number of aliphatic carboxylic acids is 1. The smallest absolute Gasteiger partial charge is 0.341 e. The fourth-order valence-corrected chi connectivity index (χ4v) is 1.45. The van der Waals surface area contributed by atoms with Crippen LogP contribution in [0.5, 0.6) is 17.2 Å². The molecule has 0 radical (unpaired) electrons. The van der Waals surface area contributed by atoms with Crippen molar-refractivity contribution in [3.8, 4) is 17.2 Å². The molecule has 0 heterocycles. The van der Waals surface area contributed by atoms with E-state index in [1.165, 1.54) is 33.5 Å². The first kappa shape index (κ1) is 14.6. The highest BCUT2D eigenvalue weighted by Gasteiger charge is 2.22. The highest BCUT2D eigenvalue weighted by molar-refractivity contribution is 5.94. The second-order valence-corrected chi connectivity index (χ2v) is 3.35. The number of esters is 1. The van der Waals surface area contributed by atoms with Gasteiger partial charge in [-0.05, 0) is 12.1 Å². The maximum absolute atomic E-state index is 11.6. The lowest BCUT2D eigenvalue weighted by molar-refractivity contribution is -0.139. The fraction of sp³-hybridized carbons (Fsp3) is 0.333. The monoisotopic (exact) mass is 270 g/mol. The van der Waals surface area contributed by atoms with Crippen LogP contribution in [0.3, 0.4) is 0 Å². The third-order valence-electron chi connectivity index (χ3n) is 2.25. The van der Waals surface area contributed by atoms with E-state index < -0.39 is 18.5 Å². The van der Waals surface area contributed by atoms with E-state index in [-0.39, 0.29) is 17.1 Å². The summed E-state index contributed by atoms with van der Waals surface area (Å²) in [4.78, 5) is 22.2. The van der Waals surface area contributed by atoms with Gasteiger partial charge in [0.1, 0.15) is 5.56 Å². The van der Waals surface area contributed by atoms with Gasteiger partial charge in [-0.15, -0.1) is 0 Å². The molecule has 0 aliphatic rings. The Balaban J connectivity index is 3.30. The van der Waals surface area contributed by atoms with E-state index in [1.54, 1.807) is 0 Å². The summed E-state index contributed by atoms with van der Waals surface area (Å²) in [6, 6.07) is 2.91. The molecule has 0 atom stereocenters. The summed E-state index contributed by atoms with van der Waals surface area (Å²) in [6.07, 6.45) is 0. The van der Waals surface area contributed by atoms with E-state index in [1.807, 2.05) is 0 Å². The average Bonchev–Trinajstić information content (AvgIpc) is 2.42. The van der Waals surface area contributed by atoms with Gasteiger partial charge in [-0.1, -0.05) is 0 Å². The van der Waals surface area contributed by atoms with E-state index in [2.05, 4.69) is 4.74 Å². The summed E-state index contributed by atoms with van der Waals surface area (Å²) >= 11 is 0. The Morgan fingerprint density at radius 1 is 1.11 bits per heavy atom. The Labute approximate surface area is 109 Å². The lowest BCUT2D eigenvalue weighted by Crippen LogP contribution is -2.13. The summed E-state index contributed by atoms with van der Waals surface area (Å²) in [7, 11) is 3.98. The predicted molar refractivity (Wildman–Crippen MR) is 64.0 cm³/mol. The van der Waals surface area contributed by atoms with Crippen molar-refractivity contribution >= 4 is 11.9 Å². The van der Waals surface area contributed by atoms with Crippen molar-refractivity contribution in [2.75, 3.05) is 27.9 Å². The van der Waals surface area contributed by atoms with Crippen LogP contribution < -0.4 is 14.2 Å². The lowest BCUT2D eigenvalue weighted by atomic mass is 10.1. The second kappa shape index (κ2) is 6.48. The summed E-state index contributed by atoms with van der Waals surface area (Å²) in [5, 5.41) is 8.64. The van der Waals surface area contributed by atoms with Crippen LogP contribution in [0.1, 0.15) is 10.4 Å². The summed E-state index contributed by atoms with van der Waals surface area (Å²) < 4.78 is 19.8. The van der Waals surface area contributed by atoms with Crippen LogP contribution in [-0.2, 0) is 9.53 Å². The SMILES string of the molecule is COC(=O)c1ccc(OC)c(OC)c1OCC(=O)O. The van der Waals surface area contributed by atoms with Crippen LogP contribution in [0.4, 0.5) is 0 Å². The highest BCUT2D eigenvalue weighted by atomic mass is 16.5. The van der Waals surface area contributed by atoms with Gasteiger partial charge < -0.3 is 24.1 Å². The first-order chi connectivity index (χ1) is 9.04. The number of methoxy groups -OCH3 is 3. The van der Waals surface area contributed by atoms with E-state index in [0.717, 1.165) is 0 Å². The number of benzene rings is 1. The first-order valence-corrected chi connectivity index (χ1v) is 5.23. The van der Waals surface area contributed by atoms with E-state index in [9.17, 15) is 9.59 Å². The molecule has 0 saturated carbocycles. The van der Waals surface area contributed by atoms with Gasteiger partial charge >= 0.3 is 11.9 Å². The van der Waals surface area contributed by atoms with Crippen molar-refractivity contribution in [1.29, 1.82) is 0 Å². The number of carbonyl (C=O) groups excluding carboxylic acids is 1. The lowest BCUT2D eigenvalue weighted by Gasteiger charge is -2.15. The predicted octanol–water partition coefficient (Wildman–Crippen LogP) is 0.954. The molecule has 0 saturated heterocycles. The number of rotatable bonds is 6. The van der Waals surface area contributed by atoms with Crippen molar-refractivity contribution < 1.29 is 33.6 Å². The quantitative estimate of drug-likeness (QED) is 0.769. The Morgan fingerprint density at radius 3 is 2.26 bits per heavy atom. The first-order valence-electron chi connectivity index (χ1n) is 5.23. The van der Waals surface area contributed by atoms with Gasteiger partial charge in [0.15, 0.2) is 18.1 Å². The molecule has 0 aliphatic heterocycles. The number of carbonyl (C=O) groups is 2. The molecule has 1 aromatic rings. The molecular formula is C12H14O7. The maximum Gasteiger partial charge on any atom is 0.341 e. The minimum Gasteiger partial charge on any atom is -0.493 e. The van der Waals surface area contributed by atoms with Gasteiger partial charge in [-0.3, -0.25) is 0 Å². The molecule has 0 aromatic heterocycles. The molecule has 7 heteroatoms. The van der Waals surface area contributed by atoms with Crippen molar-refractivity contribution in [3.63, 3.8) is 0 Å². The van der Waals surface area contributed by atoms with Gasteiger partial charge in [0.25, 0.3) is 0 Å². The third-order valence-corrected chi connectivity index (χ3v) is 2.25. The zero-order valence-electron chi connectivity index (χ0n) is 10.8. The molecule has 0 unspecified atom stereocenters. The van der Waals surface area contributed by atoms with Gasteiger partial charge in [0.05, 0.1) is 21.3 Å². The van der Waals surface area contributed by atoms with Gasteiger partial charge in [0, 0.05) is 0 Å². The topological polar surface area (TPSA) is 91.3 Å². The van der Waals surface area contributed by atoms with Crippen molar-refractivity contribution in [1.82, 2.24) is 0 Å². The average molecular weight is 270 g/mol. The Kier molecular flexibility index (Phi) is 4.99. The van der Waals surface area contributed by atoms with Crippen LogP contribution in [0.15, 0.2) is 12.1 Å². The number of carboxylic acid groups (broad SMARTS) is 1. The number of ether oxygens (including phenoxy) is 4. The van der Waals surface area contributed by atoms with Crippen LogP contribution >= 0.6 is 0 Å². The summed E-state index contributed by atoms with van der Waals surface area (Å²) in [5.41, 5.74) is 0.0569. The number of hydrogen-bond acceptors (Lipinski definition) is 6. The van der Waals surface area contributed by atoms with Crippen molar-refractivity contribution in [3.05, 3.63) is 17.7 Å². The molecule has 7 nitrogen and oxygen atoms in total. The molecule has 0 fully saturated rings. The Bertz CT molecular complexity index is 481. The van der Waals surface area contributed by atoms with Gasteiger partial charge in [0.2, 0.25) is 5.75 Å². The van der Waals surface area contributed by atoms with E-state index in [0.29, 0.717) is 5.75 Å². The molecule has 1 rings (SSSR count). The summed E-state index contributed by atoms with van der Waals surface area (Å²) in [6.45, 7) is -0.618. The van der Waals surface area contributed by atoms with Crippen LogP contribution in [0, 0.1) is 0 Å². The number of hydrogen-bond donors (Lipinski definition) is 1. The standard InChI is InChI=1S/C12H14O7/c1-16-8-5-4-7(12(15)18-3)10(11(8)17-2)19-6-9(13)14/h4-5H,6H2,1-3H3,(H,13,14). The van der Waals surface area contributed by atoms with Gasteiger partial charge in [-0.25, -0.2) is 9.59 Å². The molecule has 0 spiro atoms. The van der Waals surface area contributed by atoms with Crippen molar-refractivity contribution in [2.45, 2.75) is 0 Å². The second-order valence-electron chi connectivity index (χ2n) is 3.35. The molecular weight excluding hydrogens is 256 g/mol. The molecule has 0 bridgehead atoms. The van der Waals surface area contributed by atoms with E-state index in [4.69, 9.17) is 19.3 Å². The van der Waals surface area contributed by atoms with Crippen molar-refractivity contribution in [2.24, 2.45) is 0 Å². The zero-order valence-corrected chi connectivity index (χ0v) is 10.8. The Hall–Kier alpha value is -2.44. The molecule has 19 heavy (non-hydrogen) atoms. The van der Waals surface area contributed by atoms with Crippen LogP contribution in [0.2, 0.25) is 0 Å². The highest BCUT2D eigenvalue weighted by Crippen LogP contribution is 2.40. The zero-order chi connectivity index (χ0) is 14.4. The van der Waals surface area contributed by atoms with Crippen LogP contribution in [-0.4, -0.2) is 45.0 Å². The molecule has 1 aromatic carbocycles. The van der Waals surface area contributed by atoms with E-state index >= 15 is 0 Å².